The van der Waals surface area contributed by atoms with E-state index >= 15 is 0 Å². The molecule has 0 aromatic heterocycles. The number of carbonyl (C=O) groups is 4. The number of likely N-dealkylation sites (tertiary alicyclic amines) is 1. The highest BCUT2D eigenvalue weighted by Gasteiger charge is 2.55. The van der Waals surface area contributed by atoms with E-state index in [0.29, 0.717) is 6.04 Å². The highest BCUT2D eigenvalue weighted by molar-refractivity contribution is 6.12. The zero-order valence-corrected chi connectivity index (χ0v) is 20.7. The van der Waals surface area contributed by atoms with Gasteiger partial charge in [0.15, 0.2) is 0 Å². The van der Waals surface area contributed by atoms with Crippen LogP contribution in [0.2, 0.25) is 0 Å². The number of amides is 4. The van der Waals surface area contributed by atoms with Crippen molar-refractivity contribution < 1.29 is 19.2 Å². The van der Waals surface area contributed by atoms with E-state index in [1.165, 1.54) is 25.7 Å². The fraction of sp³-hybridized carbons (Fsp3) is 0.692. The lowest BCUT2D eigenvalue weighted by molar-refractivity contribution is -0.151. The third-order valence-corrected chi connectivity index (χ3v) is 8.91. The Bertz CT molecular complexity index is 998. The number of piperidine rings is 2. The maximum Gasteiger partial charge on any atom is 0.249 e. The lowest BCUT2D eigenvalue weighted by Gasteiger charge is -2.44. The Labute approximate surface area is 211 Å². The van der Waals surface area contributed by atoms with Crippen LogP contribution in [0.1, 0.15) is 51.4 Å². The van der Waals surface area contributed by atoms with Gasteiger partial charge in [-0.15, -0.1) is 0 Å². The molecule has 0 aromatic carbocycles. The predicted molar refractivity (Wildman–Crippen MR) is 131 cm³/mol. The minimum Gasteiger partial charge on any atom is -0.365 e. The zero-order valence-electron chi connectivity index (χ0n) is 20.7. The van der Waals surface area contributed by atoms with Gasteiger partial charge in [0.05, 0.1) is 17.9 Å². The summed E-state index contributed by atoms with van der Waals surface area (Å²) in [5.41, 5.74) is 4.55. The van der Waals surface area contributed by atoms with Crippen molar-refractivity contribution in [3.63, 3.8) is 0 Å². The number of hydrogen-bond acceptors (Lipinski definition) is 8. The Hall–Kier alpha value is -2.56. The third kappa shape index (κ3) is 4.09. The molecule has 36 heavy (non-hydrogen) atoms. The molecule has 0 aromatic rings. The van der Waals surface area contributed by atoms with Gasteiger partial charge in [-0.3, -0.25) is 34.8 Å². The van der Waals surface area contributed by atoms with Crippen LogP contribution in [0.3, 0.4) is 0 Å². The van der Waals surface area contributed by atoms with Gasteiger partial charge >= 0.3 is 0 Å². The molecule has 4 aliphatic heterocycles. The SMILES string of the molecule is O=C1CCC(N2C(=O)C3C=CC=C(N(C4CCNCC4)C4CNN(C5CCCC5)C4)C3C2=O)C(=O)N1. The average molecular weight is 497 g/mol. The van der Waals surface area contributed by atoms with Gasteiger partial charge in [-0.2, -0.15) is 0 Å². The summed E-state index contributed by atoms with van der Waals surface area (Å²) in [6.45, 7) is 3.57. The van der Waals surface area contributed by atoms with Crippen LogP contribution in [-0.4, -0.2) is 88.8 Å². The summed E-state index contributed by atoms with van der Waals surface area (Å²) < 4.78 is 0. The van der Waals surface area contributed by atoms with Gasteiger partial charge in [0, 0.05) is 37.3 Å². The van der Waals surface area contributed by atoms with Crippen molar-refractivity contribution in [1.82, 2.24) is 30.9 Å². The second-order valence-electron chi connectivity index (χ2n) is 11.0. The van der Waals surface area contributed by atoms with Crippen LogP contribution < -0.4 is 16.1 Å². The molecule has 4 atom stereocenters. The van der Waals surface area contributed by atoms with Crippen molar-refractivity contribution in [2.24, 2.45) is 11.8 Å². The third-order valence-electron chi connectivity index (χ3n) is 8.91. The van der Waals surface area contributed by atoms with Gasteiger partial charge in [-0.1, -0.05) is 25.0 Å². The van der Waals surface area contributed by atoms with Crippen molar-refractivity contribution in [1.29, 1.82) is 0 Å². The molecule has 6 aliphatic rings. The Balaban J connectivity index is 1.29. The molecule has 4 amide bonds. The number of imide groups is 2. The number of nitrogens with one attached hydrogen (secondary N) is 3. The van der Waals surface area contributed by atoms with Crippen LogP contribution >= 0.6 is 0 Å². The second-order valence-corrected chi connectivity index (χ2v) is 11.0. The summed E-state index contributed by atoms with van der Waals surface area (Å²) >= 11 is 0. The van der Waals surface area contributed by atoms with E-state index in [9.17, 15) is 19.2 Å². The van der Waals surface area contributed by atoms with Gasteiger partial charge in [-0.25, -0.2) is 5.01 Å². The normalized spacial score (nSPS) is 34.3. The van der Waals surface area contributed by atoms with E-state index in [2.05, 4.69) is 26.0 Å². The van der Waals surface area contributed by atoms with Crippen molar-refractivity contribution in [3.05, 3.63) is 23.9 Å². The summed E-state index contributed by atoms with van der Waals surface area (Å²) in [5, 5.41) is 8.16. The molecule has 194 valence electrons. The average Bonchev–Trinajstić information content (AvgIpc) is 3.62. The summed E-state index contributed by atoms with van der Waals surface area (Å²) in [6, 6.07) is 0.143. The van der Waals surface area contributed by atoms with Crippen LogP contribution in [-0.2, 0) is 19.2 Å². The largest absolute Gasteiger partial charge is 0.365 e. The molecule has 4 saturated heterocycles. The molecule has 2 aliphatic carbocycles. The fourth-order valence-electron chi connectivity index (χ4n) is 7.14. The number of hydrogen-bond donors (Lipinski definition) is 3. The van der Waals surface area contributed by atoms with Gasteiger partial charge in [0.25, 0.3) is 0 Å². The first-order chi connectivity index (χ1) is 17.5. The zero-order chi connectivity index (χ0) is 24.8. The van der Waals surface area contributed by atoms with Gasteiger partial charge in [0.1, 0.15) is 6.04 Å². The molecule has 0 bridgehead atoms. The highest BCUT2D eigenvalue weighted by Crippen LogP contribution is 2.41. The maximum atomic E-state index is 13.9. The molecule has 3 N–H and O–H groups in total. The lowest BCUT2D eigenvalue weighted by Crippen LogP contribution is -2.55. The number of carbonyl (C=O) groups excluding carboxylic acids is 4. The Morgan fingerprint density at radius 2 is 1.69 bits per heavy atom. The van der Waals surface area contributed by atoms with E-state index < -0.39 is 23.8 Å². The minimum absolute atomic E-state index is 0.132. The highest BCUT2D eigenvalue weighted by atomic mass is 16.2. The predicted octanol–water partition coefficient (Wildman–Crippen LogP) is 0.0319. The smallest absolute Gasteiger partial charge is 0.249 e. The molecule has 4 unspecified atom stereocenters. The Kier molecular flexibility index (Phi) is 6.43. The first-order valence-corrected chi connectivity index (χ1v) is 13.6. The number of hydrazine groups is 1. The number of allylic oxidation sites excluding steroid dienone is 2. The molecule has 4 heterocycles. The number of nitrogens with zero attached hydrogens (tertiary/aromatic N) is 3. The summed E-state index contributed by atoms with van der Waals surface area (Å²) in [5.74, 6) is -2.78. The van der Waals surface area contributed by atoms with Crippen molar-refractivity contribution in [3.8, 4) is 0 Å². The molecular formula is C26H36N6O4. The molecular weight excluding hydrogens is 460 g/mol. The van der Waals surface area contributed by atoms with E-state index in [0.717, 1.165) is 49.6 Å². The van der Waals surface area contributed by atoms with Crippen LogP contribution in [0.5, 0.6) is 0 Å². The molecule has 5 fully saturated rings. The quantitative estimate of drug-likeness (QED) is 0.457. The second kappa shape index (κ2) is 9.72. The van der Waals surface area contributed by atoms with Crippen molar-refractivity contribution in [2.75, 3.05) is 26.2 Å². The Morgan fingerprint density at radius 1 is 0.917 bits per heavy atom. The molecule has 1 saturated carbocycles. The fourth-order valence-corrected chi connectivity index (χ4v) is 7.14. The van der Waals surface area contributed by atoms with E-state index in [1.54, 1.807) is 6.08 Å². The van der Waals surface area contributed by atoms with E-state index in [-0.39, 0.29) is 42.6 Å². The number of fused-ring (bicyclic) bond motifs is 1. The first-order valence-electron chi connectivity index (χ1n) is 13.6. The standard InChI is InChI=1S/C26H36N6O4/c33-22-9-8-21(24(34)29-22)32-25(35)19-6-3-7-20(23(19)26(32)36)31(17-10-12-27-13-11-17)18-14-28-30(15-18)16-4-1-2-5-16/h3,6-7,16-19,21,23,27-28H,1-2,4-5,8-15H2,(H,29,33,34). The topological polar surface area (TPSA) is 114 Å². The summed E-state index contributed by atoms with van der Waals surface area (Å²) in [6.07, 6.45) is 13.0. The molecule has 10 heteroatoms. The van der Waals surface area contributed by atoms with Crippen LogP contribution in [0, 0.1) is 11.8 Å². The van der Waals surface area contributed by atoms with Crippen LogP contribution in [0.15, 0.2) is 23.9 Å². The number of rotatable bonds is 5. The van der Waals surface area contributed by atoms with Crippen LogP contribution in [0.4, 0.5) is 0 Å². The summed E-state index contributed by atoms with van der Waals surface area (Å²) in [4.78, 5) is 55.2. The van der Waals surface area contributed by atoms with Crippen LogP contribution in [0.25, 0.3) is 0 Å². The molecule has 0 spiro atoms. The molecule has 6 rings (SSSR count). The maximum absolute atomic E-state index is 13.9. The van der Waals surface area contributed by atoms with Crippen molar-refractivity contribution in [2.45, 2.75) is 75.5 Å². The minimum atomic E-state index is -0.915. The first kappa shape index (κ1) is 23.8. The Morgan fingerprint density at radius 3 is 2.44 bits per heavy atom. The lowest BCUT2D eigenvalue weighted by atomic mass is 9.85. The van der Waals surface area contributed by atoms with E-state index in [1.807, 2.05) is 12.2 Å². The molecule has 10 nitrogen and oxygen atoms in total. The summed E-state index contributed by atoms with van der Waals surface area (Å²) in [7, 11) is 0. The van der Waals surface area contributed by atoms with E-state index in [4.69, 9.17) is 0 Å². The van der Waals surface area contributed by atoms with Crippen molar-refractivity contribution >= 4 is 23.6 Å². The van der Waals surface area contributed by atoms with Gasteiger partial charge in [0.2, 0.25) is 23.6 Å². The van der Waals surface area contributed by atoms with Gasteiger partial charge in [-0.05, 0) is 51.3 Å². The van der Waals surface area contributed by atoms with Gasteiger partial charge < -0.3 is 10.2 Å². The monoisotopic (exact) mass is 496 g/mol. The molecule has 0 radical (unpaired) electrons.